The van der Waals surface area contributed by atoms with Gasteiger partial charge in [0.1, 0.15) is 11.0 Å². The molecule has 0 bridgehead atoms. The quantitative estimate of drug-likeness (QED) is 0.493. The second-order valence-corrected chi connectivity index (χ2v) is 2.87. The Balaban J connectivity index is 3.11. The second kappa shape index (κ2) is 2.66. The molecule has 0 saturated heterocycles. The number of hydrogen-bond acceptors (Lipinski definition) is 6. The monoisotopic (exact) mass is 191 g/mol. The minimum atomic E-state index is -0.0256. The van der Waals surface area contributed by atoms with E-state index < -0.39 is 0 Å². The third-order valence-corrected chi connectivity index (χ3v) is 1.87. The van der Waals surface area contributed by atoms with Gasteiger partial charge in [-0.05, 0) is 0 Å². The first-order valence-electron chi connectivity index (χ1n) is 3.88. The fourth-order valence-corrected chi connectivity index (χ4v) is 1.27. The molecule has 14 heavy (non-hydrogen) atoms. The van der Waals surface area contributed by atoms with E-state index in [4.69, 9.17) is 16.9 Å². The van der Waals surface area contributed by atoms with Crippen LogP contribution in [0.25, 0.3) is 11.0 Å². The van der Waals surface area contributed by atoms with Gasteiger partial charge in [0.25, 0.3) is 0 Å². The molecule has 0 atom stereocenters. The number of rotatable bonds is 0. The molecule has 0 saturated carbocycles. The number of imidazole rings is 1. The average molecular weight is 191 g/mol. The van der Waals surface area contributed by atoms with Gasteiger partial charge in [-0.1, -0.05) is 0 Å². The van der Waals surface area contributed by atoms with E-state index in [-0.39, 0.29) is 17.3 Å². The van der Waals surface area contributed by atoms with Gasteiger partial charge in [0, 0.05) is 7.05 Å². The van der Waals surface area contributed by atoms with Crippen molar-refractivity contribution >= 4 is 22.8 Å². The molecule has 2 rings (SSSR count). The molecule has 2 aromatic heterocycles. The van der Waals surface area contributed by atoms with Crippen molar-refractivity contribution in [2.45, 2.75) is 0 Å². The Morgan fingerprint density at radius 3 is 2.79 bits per heavy atom. The van der Waals surface area contributed by atoms with E-state index in [0.29, 0.717) is 11.0 Å². The zero-order chi connectivity index (χ0) is 10.3. The van der Waals surface area contributed by atoms with Gasteiger partial charge < -0.3 is 16.0 Å². The van der Waals surface area contributed by atoms with Crippen LogP contribution in [0.2, 0.25) is 0 Å². The maximum Gasteiger partial charge on any atom is 0.224 e. The van der Waals surface area contributed by atoms with E-state index in [1.54, 1.807) is 17.9 Å². The predicted molar refractivity (Wildman–Crippen MR) is 51.0 cm³/mol. The molecule has 0 fully saturated rings. The highest BCUT2D eigenvalue weighted by molar-refractivity contribution is 5.83. The predicted octanol–water partition coefficient (Wildman–Crippen LogP) is -0.993. The molecule has 0 aromatic carbocycles. The third-order valence-electron chi connectivity index (χ3n) is 1.87. The van der Waals surface area contributed by atoms with Gasteiger partial charge in [-0.25, -0.2) is 4.98 Å². The van der Waals surface area contributed by atoms with Crippen molar-refractivity contribution < 1.29 is 0 Å². The summed E-state index contributed by atoms with van der Waals surface area (Å²) in [5.41, 5.74) is 12.0. The van der Waals surface area contributed by atoms with Gasteiger partial charge in [-0.15, -0.1) is 0 Å². The number of aryl methyl sites for hydroxylation is 1. The summed E-state index contributed by atoms with van der Waals surface area (Å²) in [6, 6.07) is 0. The SMILES string of the molecule is Cn1cnc2c(=N)nc(N)nc(N)c21. The smallest absolute Gasteiger partial charge is 0.224 e. The van der Waals surface area contributed by atoms with Gasteiger partial charge in [-0.2, -0.15) is 9.97 Å². The Morgan fingerprint density at radius 2 is 2.07 bits per heavy atom. The van der Waals surface area contributed by atoms with Crippen LogP contribution in [0, 0.1) is 5.41 Å². The Morgan fingerprint density at radius 1 is 1.36 bits per heavy atom. The lowest BCUT2D eigenvalue weighted by Gasteiger charge is -1.92. The van der Waals surface area contributed by atoms with E-state index in [9.17, 15) is 0 Å². The lowest BCUT2D eigenvalue weighted by molar-refractivity contribution is 0.946. The lowest BCUT2D eigenvalue weighted by atomic mass is 10.4. The molecule has 0 radical (unpaired) electrons. The van der Waals surface area contributed by atoms with Crippen LogP contribution in [0.15, 0.2) is 6.33 Å². The maximum absolute atomic E-state index is 7.57. The largest absolute Gasteiger partial charge is 0.382 e. The van der Waals surface area contributed by atoms with Crippen LogP contribution in [-0.2, 0) is 7.05 Å². The zero-order valence-electron chi connectivity index (χ0n) is 7.52. The van der Waals surface area contributed by atoms with Crippen molar-refractivity contribution in [3.63, 3.8) is 0 Å². The van der Waals surface area contributed by atoms with Crippen LogP contribution >= 0.6 is 0 Å². The van der Waals surface area contributed by atoms with E-state index >= 15 is 0 Å². The standard InChI is InChI=1S/C7H9N7/c1-14-2-11-3-4(14)6(9)13-7(10)12-5(3)8/h2H,1H3,(H5,8,9,10,12,13). The normalized spacial score (nSPS) is 10.6. The summed E-state index contributed by atoms with van der Waals surface area (Å²) in [7, 11) is 1.77. The summed E-state index contributed by atoms with van der Waals surface area (Å²) in [6.07, 6.45) is 1.55. The Labute approximate surface area is 78.9 Å². The summed E-state index contributed by atoms with van der Waals surface area (Å²) in [4.78, 5) is 11.5. The number of nitrogen functional groups attached to an aromatic ring is 2. The molecule has 0 spiro atoms. The number of hydrogen-bond donors (Lipinski definition) is 3. The lowest BCUT2D eigenvalue weighted by Crippen LogP contribution is -2.05. The van der Waals surface area contributed by atoms with Gasteiger partial charge in [0.2, 0.25) is 5.95 Å². The van der Waals surface area contributed by atoms with Gasteiger partial charge in [-0.3, -0.25) is 5.41 Å². The Bertz CT molecular complexity index is 556. The fraction of sp³-hybridized carbons (Fsp3) is 0.143. The summed E-state index contributed by atoms with van der Waals surface area (Å²) < 4.78 is 1.68. The van der Waals surface area contributed by atoms with Crippen molar-refractivity contribution in [1.29, 1.82) is 5.41 Å². The molecule has 0 unspecified atom stereocenters. The molecule has 2 heterocycles. The minimum Gasteiger partial charge on any atom is -0.382 e. The number of nitrogens with two attached hydrogens (primary N) is 2. The molecule has 2 aromatic rings. The molecule has 5 N–H and O–H groups in total. The molecule has 7 heteroatoms. The third kappa shape index (κ3) is 1.06. The molecular formula is C7H9N7. The van der Waals surface area contributed by atoms with Crippen LogP contribution in [0.5, 0.6) is 0 Å². The zero-order valence-corrected chi connectivity index (χ0v) is 7.52. The van der Waals surface area contributed by atoms with Crippen LogP contribution in [-0.4, -0.2) is 19.5 Å². The van der Waals surface area contributed by atoms with Gasteiger partial charge in [0.05, 0.1) is 6.33 Å². The van der Waals surface area contributed by atoms with Crippen LogP contribution < -0.4 is 17.0 Å². The Hall–Kier alpha value is -2.18. The summed E-state index contributed by atoms with van der Waals surface area (Å²) >= 11 is 0. The number of fused-ring (bicyclic) bond motifs is 1. The molecule has 7 nitrogen and oxygen atoms in total. The van der Waals surface area contributed by atoms with Crippen molar-refractivity contribution in [3.8, 4) is 0 Å². The van der Waals surface area contributed by atoms with Gasteiger partial charge >= 0.3 is 0 Å². The first-order valence-corrected chi connectivity index (χ1v) is 3.88. The van der Waals surface area contributed by atoms with E-state index in [1.165, 1.54) is 0 Å². The minimum absolute atomic E-state index is 0.0227. The molecule has 0 amide bonds. The molecular weight excluding hydrogens is 182 g/mol. The maximum atomic E-state index is 7.57. The van der Waals surface area contributed by atoms with Gasteiger partial charge in [0.15, 0.2) is 11.3 Å². The molecule has 0 aliphatic carbocycles. The highest BCUT2D eigenvalue weighted by Gasteiger charge is 2.06. The van der Waals surface area contributed by atoms with Crippen molar-refractivity contribution in [1.82, 2.24) is 19.5 Å². The van der Waals surface area contributed by atoms with Crippen molar-refractivity contribution in [2.75, 3.05) is 11.5 Å². The van der Waals surface area contributed by atoms with E-state index in [0.717, 1.165) is 0 Å². The van der Waals surface area contributed by atoms with Crippen molar-refractivity contribution in [3.05, 3.63) is 11.8 Å². The number of anilines is 2. The Kier molecular flexibility index (Phi) is 1.60. The topological polar surface area (TPSA) is 119 Å². The van der Waals surface area contributed by atoms with Crippen LogP contribution in [0.1, 0.15) is 0 Å². The van der Waals surface area contributed by atoms with Crippen molar-refractivity contribution in [2.24, 2.45) is 7.05 Å². The molecule has 0 aliphatic rings. The van der Waals surface area contributed by atoms with Crippen LogP contribution in [0.3, 0.4) is 0 Å². The summed E-state index contributed by atoms with van der Waals surface area (Å²) in [5.74, 6) is 0.203. The summed E-state index contributed by atoms with van der Waals surface area (Å²) in [5, 5.41) is 7.57. The molecule has 72 valence electrons. The average Bonchev–Trinajstić information content (AvgIpc) is 2.41. The van der Waals surface area contributed by atoms with E-state index in [2.05, 4.69) is 15.0 Å². The molecule has 0 aliphatic heterocycles. The van der Waals surface area contributed by atoms with E-state index in [1.807, 2.05) is 0 Å². The van der Waals surface area contributed by atoms with Crippen LogP contribution in [0.4, 0.5) is 11.8 Å². The number of aromatic nitrogens is 4. The first-order chi connectivity index (χ1) is 6.59. The highest BCUT2D eigenvalue weighted by atomic mass is 15.1. The second-order valence-electron chi connectivity index (χ2n) is 2.87. The fourth-order valence-electron chi connectivity index (χ4n) is 1.27. The summed E-state index contributed by atoms with van der Waals surface area (Å²) in [6.45, 7) is 0. The highest BCUT2D eigenvalue weighted by Crippen LogP contribution is 2.12. The first kappa shape index (κ1) is 8.42. The number of nitrogens with one attached hydrogen (secondary N) is 1. The number of nitrogens with zero attached hydrogens (tertiary/aromatic N) is 4.